The Hall–Kier alpha value is -0.980. The molecule has 1 aromatic rings. The van der Waals surface area contributed by atoms with Gasteiger partial charge in [-0.05, 0) is 7.05 Å². The third-order valence-corrected chi connectivity index (χ3v) is 1.90. The second kappa shape index (κ2) is 4.50. The SMILES string of the molecule is CNCc1nnc(C2COCCO2)o1. The molecule has 78 valence electrons. The molecule has 1 saturated heterocycles. The Morgan fingerprint density at radius 3 is 3.07 bits per heavy atom. The number of hydrogen-bond acceptors (Lipinski definition) is 6. The molecule has 0 aliphatic carbocycles. The van der Waals surface area contributed by atoms with E-state index in [2.05, 4.69) is 15.5 Å². The van der Waals surface area contributed by atoms with Crippen LogP contribution in [0.1, 0.15) is 17.9 Å². The van der Waals surface area contributed by atoms with Crippen LogP contribution in [0, 0.1) is 0 Å². The van der Waals surface area contributed by atoms with Crippen LogP contribution in [0.3, 0.4) is 0 Å². The van der Waals surface area contributed by atoms with E-state index in [9.17, 15) is 0 Å². The second-order valence-electron chi connectivity index (χ2n) is 3.00. The Bertz CT molecular complexity index is 283. The summed E-state index contributed by atoms with van der Waals surface area (Å²) in [7, 11) is 1.82. The average molecular weight is 199 g/mol. The van der Waals surface area contributed by atoms with E-state index in [0.29, 0.717) is 38.1 Å². The molecule has 2 heterocycles. The first-order chi connectivity index (χ1) is 6.90. The van der Waals surface area contributed by atoms with Crippen LogP contribution < -0.4 is 5.32 Å². The molecular weight excluding hydrogens is 186 g/mol. The van der Waals surface area contributed by atoms with Crippen molar-refractivity contribution in [1.82, 2.24) is 15.5 Å². The zero-order valence-electron chi connectivity index (χ0n) is 8.02. The zero-order valence-corrected chi connectivity index (χ0v) is 8.02. The molecule has 1 aromatic heterocycles. The standard InChI is InChI=1S/C8H13N3O3/c1-9-4-7-10-11-8(14-7)6-5-12-2-3-13-6/h6,9H,2-5H2,1H3. The van der Waals surface area contributed by atoms with Crippen molar-refractivity contribution >= 4 is 0 Å². The van der Waals surface area contributed by atoms with Crippen molar-refractivity contribution in [3.05, 3.63) is 11.8 Å². The van der Waals surface area contributed by atoms with Crippen molar-refractivity contribution in [2.24, 2.45) is 0 Å². The van der Waals surface area contributed by atoms with Crippen LogP contribution in [-0.4, -0.2) is 37.1 Å². The van der Waals surface area contributed by atoms with Crippen LogP contribution in [0.5, 0.6) is 0 Å². The molecule has 0 aromatic carbocycles. The van der Waals surface area contributed by atoms with Crippen molar-refractivity contribution in [3.63, 3.8) is 0 Å². The molecule has 2 rings (SSSR count). The summed E-state index contributed by atoms with van der Waals surface area (Å²) in [4.78, 5) is 0. The largest absolute Gasteiger partial charge is 0.421 e. The van der Waals surface area contributed by atoms with Gasteiger partial charge in [-0.25, -0.2) is 0 Å². The van der Waals surface area contributed by atoms with Crippen molar-refractivity contribution in [2.75, 3.05) is 26.9 Å². The van der Waals surface area contributed by atoms with E-state index in [-0.39, 0.29) is 6.10 Å². The number of nitrogens with zero attached hydrogens (tertiary/aromatic N) is 2. The van der Waals surface area contributed by atoms with Gasteiger partial charge in [0.05, 0.1) is 26.4 Å². The van der Waals surface area contributed by atoms with Crippen molar-refractivity contribution in [2.45, 2.75) is 12.6 Å². The third-order valence-electron chi connectivity index (χ3n) is 1.90. The number of nitrogens with one attached hydrogen (secondary N) is 1. The van der Waals surface area contributed by atoms with Gasteiger partial charge in [0.1, 0.15) is 0 Å². The maximum Gasteiger partial charge on any atom is 0.247 e. The van der Waals surface area contributed by atoms with Gasteiger partial charge < -0.3 is 19.2 Å². The highest BCUT2D eigenvalue weighted by molar-refractivity contribution is 4.87. The molecule has 6 nitrogen and oxygen atoms in total. The maximum atomic E-state index is 5.41. The number of rotatable bonds is 3. The van der Waals surface area contributed by atoms with Crippen LogP contribution in [-0.2, 0) is 16.0 Å². The Kier molecular flexibility index (Phi) is 3.07. The highest BCUT2D eigenvalue weighted by Crippen LogP contribution is 2.18. The minimum Gasteiger partial charge on any atom is -0.421 e. The summed E-state index contributed by atoms with van der Waals surface area (Å²) in [6.45, 7) is 2.27. The molecule has 1 N–H and O–H groups in total. The number of hydrogen-bond donors (Lipinski definition) is 1. The van der Waals surface area contributed by atoms with Gasteiger partial charge >= 0.3 is 0 Å². The fourth-order valence-electron chi connectivity index (χ4n) is 1.25. The molecule has 1 aliphatic rings. The lowest BCUT2D eigenvalue weighted by atomic mass is 10.3. The van der Waals surface area contributed by atoms with E-state index in [1.54, 1.807) is 0 Å². The lowest BCUT2D eigenvalue weighted by Crippen LogP contribution is -2.22. The predicted molar refractivity (Wildman–Crippen MR) is 46.6 cm³/mol. The molecule has 0 spiro atoms. The normalized spacial score (nSPS) is 22.5. The number of aromatic nitrogens is 2. The number of ether oxygens (including phenoxy) is 2. The van der Waals surface area contributed by atoms with Crippen molar-refractivity contribution in [1.29, 1.82) is 0 Å². The molecular formula is C8H13N3O3. The van der Waals surface area contributed by atoms with Gasteiger partial charge in [0, 0.05) is 0 Å². The lowest BCUT2D eigenvalue weighted by molar-refractivity contribution is -0.0999. The molecule has 14 heavy (non-hydrogen) atoms. The van der Waals surface area contributed by atoms with Gasteiger partial charge in [0.2, 0.25) is 11.8 Å². The van der Waals surface area contributed by atoms with Crippen molar-refractivity contribution < 1.29 is 13.9 Å². The summed E-state index contributed by atoms with van der Waals surface area (Å²) in [5.41, 5.74) is 0. The smallest absolute Gasteiger partial charge is 0.247 e. The van der Waals surface area contributed by atoms with Crippen LogP contribution in [0.15, 0.2) is 4.42 Å². The first-order valence-corrected chi connectivity index (χ1v) is 4.56. The van der Waals surface area contributed by atoms with E-state index in [4.69, 9.17) is 13.9 Å². The molecule has 1 aliphatic heterocycles. The van der Waals surface area contributed by atoms with Crippen LogP contribution >= 0.6 is 0 Å². The van der Waals surface area contributed by atoms with Gasteiger partial charge in [-0.1, -0.05) is 0 Å². The van der Waals surface area contributed by atoms with Crippen LogP contribution in [0.4, 0.5) is 0 Å². The Morgan fingerprint density at radius 1 is 1.43 bits per heavy atom. The topological polar surface area (TPSA) is 69.4 Å². The van der Waals surface area contributed by atoms with Crippen LogP contribution in [0.25, 0.3) is 0 Å². The van der Waals surface area contributed by atoms with Gasteiger partial charge in [-0.3, -0.25) is 0 Å². The molecule has 0 saturated carbocycles. The fraction of sp³-hybridized carbons (Fsp3) is 0.750. The molecule has 0 amide bonds. The molecule has 1 unspecified atom stereocenters. The summed E-state index contributed by atoms with van der Waals surface area (Å²) < 4.78 is 16.0. The first-order valence-electron chi connectivity index (χ1n) is 4.56. The Morgan fingerprint density at radius 2 is 2.36 bits per heavy atom. The summed E-state index contributed by atoms with van der Waals surface area (Å²) in [5, 5.41) is 10.7. The predicted octanol–water partition coefficient (Wildman–Crippen LogP) is -0.123. The van der Waals surface area contributed by atoms with E-state index in [1.165, 1.54) is 0 Å². The minimum atomic E-state index is -0.207. The van der Waals surface area contributed by atoms with E-state index < -0.39 is 0 Å². The quantitative estimate of drug-likeness (QED) is 0.731. The molecule has 0 radical (unpaired) electrons. The monoisotopic (exact) mass is 199 g/mol. The van der Waals surface area contributed by atoms with E-state index in [1.807, 2.05) is 7.05 Å². The lowest BCUT2D eigenvalue weighted by Gasteiger charge is -2.19. The average Bonchev–Trinajstić information content (AvgIpc) is 2.68. The van der Waals surface area contributed by atoms with Gasteiger partial charge in [0.25, 0.3) is 0 Å². The summed E-state index contributed by atoms with van der Waals surface area (Å²) in [6, 6.07) is 0. The molecule has 1 fully saturated rings. The van der Waals surface area contributed by atoms with Crippen LogP contribution in [0.2, 0.25) is 0 Å². The Balaban J connectivity index is 2.00. The van der Waals surface area contributed by atoms with E-state index in [0.717, 1.165) is 0 Å². The van der Waals surface area contributed by atoms with E-state index >= 15 is 0 Å². The second-order valence-corrected chi connectivity index (χ2v) is 3.00. The summed E-state index contributed by atoms with van der Waals surface area (Å²) >= 11 is 0. The summed E-state index contributed by atoms with van der Waals surface area (Å²) in [6.07, 6.45) is -0.207. The summed E-state index contributed by atoms with van der Waals surface area (Å²) in [5.74, 6) is 1.06. The molecule has 0 bridgehead atoms. The maximum absolute atomic E-state index is 5.41. The molecule has 1 atom stereocenters. The van der Waals surface area contributed by atoms with Crippen molar-refractivity contribution in [3.8, 4) is 0 Å². The fourth-order valence-corrected chi connectivity index (χ4v) is 1.25. The minimum absolute atomic E-state index is 0.207. The van der Waals surface area contributed by atoms with Gasteiger partial charge in [-0.2, -0.15) is 0 Å². The van der Waals surface area contributed by atoms with Gasteiger partial charge in [0.15, 0.2) is 6.10 Å². The zero-order chi connectivity index (χ0) is 9.80. The third kappa shape index (κ3) is 2.09. The highest BCUT2D eigenvalue weighted by atomic mass is 16.6. The Labute approximate surface area is 81.6 Å². The first kappa shape index (κ1) is 9.57. The highest BCUT2D eigenvalue weighted by Gasteiger charge is 2.22. The molecule has 6 heteroatoms. The van der Waals surface area contributed by atoms with Gasteiger partial charge in [-0.15, -0.1) is 10.2 Å².